The Kier molecular flexibility index (Phi) is 6.95. The van der Waals surface area contributed by atoms with Crippen LogP contribution in [0.5, 0.6) is 0 Å². The molecule has 0 bridgehead atoms. The van der Waals surface area contributed by atoms with Crippen LogP contribution in [-0.2, 0) is 9.59 Å². The summed E-state index contributed by atoms with van der Waals surface area (Å²) in [6, 6.07) is 7.78. The molecule has 0 radical (unpaired) electrons. The largest absolute Gasteiger partial charge is 1.00 e. The Morgan fingerprint density at radius 3 is 2.50 bits per heavy atom. The predicted octanol–water partition coefficient (Wildman–Crippen LogP) is -2.03. The Morgan fingerprint density at radius 2 is 1.95 bits per heavy atom. The van der Waals surface area contributed by atoms with Crippen molar-refractivity contribution in [3.8, 4) is 0 Å². The number of hydrogen-bond acceptors (Lipinski definition) is 3. The van der Waals surface area contributed by atoms with E-state index < -0.39 is 17.8 Å². The number of carboxylic acid groups (broad SMARTS) is 1. The summed E-state index contributed by atoms with van der Waals surface area (Å²) in [7, 11) is 0. The van der Waals surface area contributed by atoms with Gasteiger partial charge in [-0.05, 0) is 24.1 Å². The molecule has 1 aromatic rings. The van der Waals surface area contributed by atoms with Crippen molar-refractivity contribution in [2.75, 3.05) is 6.54 Å². The van der Waals surface area contributed by atoms with Crippen LogP contribution in [0.2, 0.25) is 0 Å². The van der Waals surface area contributed by atoms with Crippen molar-refractivity contribution in [2.45, 2.75) is 6.42 Å². The van der Waals surface area contributed by atoms with Gasteiger partial charge in [-0.3, -0.25) is 4.79 Å². The smallest absolute Gasteiger partial charge is 0.550 e. The summed E-state index contributed by atoms with van der Waals surface area (Å²) in [6.45, 7) is 0.394. The number of nitrogens with one attached hydrogen (secondary N) is 1. The maximum absolute atomic E-state index is 11.5. The standard InChI is InChI=1S/C14H14BrNO3.Na/c15-10-5-3-9(4-6-10)2-1-7-16-13(17)11-8-12(11)14(18)19;/h1-6,11-12H,7-8H2,(H,16,17)(H,18,19);/q;+1/p-1/b2-1+;/t11-,12+;/m0./s1. The number of aliphatic carboxylic acids is 1. The van der Waals surface area contributed by atoms with Crippen LogP contribution in [0.1, 0.15) is 12.0 Å². The van der Waals surface area contributed by atoms with Gasteiger partial charge in [-0.1, -0.05) is 40.2 Å². The molecule has 20 heavy (non-hydrogen) atoms. The van der Waals surface area contributed by atoms with Crippen LogP contribution in [0.3, 0.4) is 0 Å². The maximum Gasteiger partial charge on any atom is 1.00 e. The van der Waals surface area contributed by atoms with Gasteiger partial charge in [-0.15, -0.1) is 0 Å². The maximum atomic E-state index is 11.5. The minimum atomic E-state index is -1.13. The summed E-state index contributed by atoms with van der Waals surface area (Å²) < 4.78 is 1.01. The molecule has 0 spiro atoms. The minimum Gasteiger partial charge on any atom is -0.550 e. The average Bonchev–Trinajstić information content (AvgIpc) is 3.17. The van der Waals surface area contributed by atoms with Crippen LogP contribution in [-0.4, -0.2) is 18.4 Å². The normalized spacial score (nSPS) is 20.2. The fourth-order valence-electron chi connectivity index (χ4n) is 1.80. The van der Waals surface area contributed by atoms with Gasteiger partial charge < -0.3 is 15.2 Å². The van der Waals surface area contributed by atoms with E-state index in [1.54, 1.807) is 0 Å². The van der Waals surface area contributed by atoms with Gasteiger partial charge in [0.25, 0.3) is 0 Å². The molecule has 0 saturated heterocycles. The first-order chi connectivity index (χ1) is 9.08. The molecule has 1 fully saturated rings. The Balaban J connectivity index is 0.00000200. The zero-order valence-electron chi connectivity index (χ0n) is 11.1. The summed E-state index contributed by atoms with van der Waals surface area (Å²) in [5, 5.41) is 13.2. The molecule has 4 nitrogen and oxygen atoms in total. The van der Waals surface area contributed by atoms with Gasteiger partial charge >= 0.3 is 29.6 Å². The van der Waals surface area contributed by atoms with E-state index in [2.05, 4.69) is 21.2 Å². The number of benzene rings is 1. The molecule has 0 aromatic heterocycles. The van der Waals surface area contributed by atoms with Crippen LogP contribution in [0.15, 0.2) is 34.8 Å². The topological polar surface area (TPSA) is 69.2 Å². The third-order valence-corrected chi connectivity index (χ3v) is 3.53. The molecule has 0 aliphatic heterocycles. The Morgan fingerprint density at radius 1 is 1.30 bits per heavy atom. The van der Waals surface area contributed by atoms with E-state index in [1.165, 1.54) is 0 Å². The van der Waals surface area contributed by atoms with Gasteiger partial charge in [0.1, 0.15) is 0 Å². The SMILES string of the molecule is O=C(NC/C=C/c1ccc(Br)cc1)[C@H]1C[C@H]1C(=O)[O-].[Na+]. The zero-order valence-corrected chi connectivity index (χ0v) is 14.7. The summed E-state index contributed by atoms with van der Waals surface area (Å²) in [4.78, 5) is 22.0. The molecule has 6 heteroatoms. The van der Waals surface area contributed by atoms with Gasteiger partial charge in [0.05, 0.1) is 0 Å². The number of hydrogen-bond donors (Lipinski definition) is 1. The van der Waals surface area contributed by atoms with E-state index in [1.807, 2.05) is 36.4 Å². The van der Waals surface area contributed by atoms with Crippen molar-refractivity contribution in [1.82, 2.24) is 5.32 Å². The molecule has 1 aliphatic rings. The van der Waals surface area contributed by atoms with Crippen molar-refractivity contribution in [3.05, 3.63) is 40.4 Å². The van der Waals surface area contributed by atoms with Gasteiger partial charge in [-0.25, -0.2) is 0 Å². The molecule has 2 atom stereocenters. The monoisotopic (exact) mass is 345 g/mol. The third-order valence-electron chi connectivity index (χ3n) is 3.00. The molecule has 0 heterocycles. The Bertz CT molecular complexity index is 516. The third kappa shape index (κ3) is 5.05. The van der Waals surface area contributed by atoms with Gasteiger partial charge in [0.15, 0.2) is 0 Å². The fraction of sp³-hybridized carbons (Fsp3) is 0.286. The van der Waals surface area contributed by atoms with Crippen molar-refractivity contribution < 1.29 is 44.3 Å². The van der Waals surface area contributed by atoms with Crippen LogP contribution < -0.4 is 40.0 Å². The molecule has 2 rings (SSSR count). The number of rotatable bonds is 5. The van der Waals surface area contributed by atoms with Crippen LogP contribution in [0.25, 0.3) is 6.08 Å². The van der Waals surface area contributed by atoms with Crippen molar-refractivity contribution in [2.24, 2.45) is 11.8 Å². The molecule has 1 amide bonds. The molecule has 1 aromatic carbocycles. The van der Waals surface area contributed by atoms with Crippen molar-refractivity contribution in [3.63, 3.8) is 0 Å². The van der Waals surface area contributed by atoms with Crippen molar-refractivity contribution in [1.29, 1.82) is 0 Å². The minimum absolute atomic E-state index is 0. The van der Waals surface area contributed by atoms with Crippen LogP contribution >= 0.6 is 15.9 Å². The number of carboxylic acids is 1. The molecule has 100 valence electrons. The summed E-state index contributed by atoms with van der Waals surface area (Å²) in [6.07, 6.45) is 4.12. The number of halogens is 1. The van der Waals surface area contributed by atoms with E-state index in [9.17, 15) is 14.7 Å². The number of carbonyl (C=O) groups excluding carboxylic acids is 2. The second kappa shape index (κ2) is 7.98. The van der Waals surface area contributed by atoms with E-state index in [0.717, 1.165) is 10.0 Å². The summed E-state index contributed by atoms with van der Waals surface area (Å²) in [5.74, 6) is -2.36. The Hall–Kier alpha value is -0.620. The zero-order chi connectivity index (χ0) is 13.8. The fourth-order valence-corrected chi connectivity index (χ4v) is 2.07. The molecule has 1 aliphatic carbocycles. The summed E-state index contributed by atoms with van der Waals surface area (Å²) >= 11 is 3.35. The second-order valence-corrected chi connectivity index (χ2v) is 5.38. The van der Waals surface area contributed by atoms with E-state index >= 15 is 0 Å². The van der Waals surface area contributed by atoms with Gasteiger partial charge in [0, 0.05) is 28.8 Å². The molecule has 1 N–H and O–H groups in total. The van der Waals surface area contributed by atoms with Crippen molar-refractivity contribution >= 4 is 33.9 Å². The molecule has 1 saturated carbocycles. The first kappa shape index (κ1) is 17.4. The summed E-state index contributed by atoms with van der Waals surface area (Å²) in [5.41, 5.74) is 1.04. The second-order valence-electron chi connectivity index (χ2n) is 4.47. The predicted molar refractivity (Wildman–Crippen MR) is 72.8 cm³/mol. The van der Waals surface area contributed by atoms with E-state index in [4.69, 9.17) is 0 Å². The average molecular weight is 346 g/mol. The first-order valence-electron chi connectivity index (χ1n) is 5.98. The first-order valence-corrected chi connectivity index (χ1v) is 6.78. The quantitative estimate of drug-likeness (QED) is 0.626. The molecular formula is C14H13BrNNaO3. The number of amides is 1. The Labute approximate surface area is 148 Å². The molecular weight excluding hydrogens is 333 g/mol. The van der Waals surface area contributed by atoms with Crippen LogP contribution in [0, 0.1) is 11.8 Å². The van der Waals surface area contributed by atoms with Crippen LogP contribution in [0.4, 0.5) is 0 Å². The number of carbonyl (C=O) groups is 2. The van der Waals surface area contributed by atoms with Gasteiger partial charge in [0.2, 0.25) is 5.91 Å². The molecule has 0 unspecified atom stereocenters. The van der Waals surface area contributed by atoms with Gasteiger partial charge in [-0.2, -0.15) is 0 Å². The van der Waals surface area contributed by atoms with E-state index in [0.29, 0.717) is 13.0 Å². The van der Waals surface area contributed by atoms with E-state index in [-0.39, 0.29) is 35.5 Å².